The lowest BCUT2D eigenvalue weighted by molar-refractivity contribution is 0.660. The predicted octanol–water partition coefficient (Wildman–Crippen LogP) is 14.0. The Bertz CT molecular complexity index is 3130. The van der Waals surface area contributed by atoms with Crippen LogP contribution in [-0.4, -0.2) is 15.0 Å². The smallest absolute Gasteiger partial charge is 0.164 e. The quantitative estimate of drug-likeness (QED) is 0.166. The molecule has 0 spiro atoms. The first-order chi connectivity index (χ1) is 28.0. The van der Waals surface area contributed by atoms with E-state index in [4.69, 9.17) is 15.0 Å². The molecular weight excluding hydrogens is 691 g/mol. The summed E-state index contributed by atoms with van der Waals surface area (Å²) in [6.45, 7) is 4.68. The number of rotatable bonds is 5. The second-order valence-electron chi connectivity index (χ2n) is 15.6. The Kier molecular flexibility index (Phi) is 7.52. The van der Waals surface area contributed by atoms with Crippen molar-refractivity contribution in [2.24, 2.45) is 0 Å². The lowest BCUT2D eigenvalue weighted by Crippen LogP contribution is -2.14. The Morgan fingerprint density at radius 2 is 0.684 bits per heavy atom. The van der Waals surface area contributed by atoms with Crippen LogP contribution < -0.4 is 0 Å². The highest BCUT2D eigenvalue weighted by molar-refractivity contribution is 6.26. The first kappa shape index (κ1) is 33.1. The summed E-state index contributed by atoms with van der Waals surface area (Å²) >= 11 is 0. The van der Waals surface area contributed by atoms with Gasteiger partial charge in [-0.25, -0.2) is 15.0 Å². The van der Waals surface area contributed by atoms with Crippen molar-refractivity contribution in [2.75, 3.05) is 0 Å². The van der Waals surface area contributed by atoms with Crippen molar-refractivity contribution in [2.45, 2.75) is 19.3 Å². The second-order valence-corrected chi connectivity index (χ2v) is 15.6. The molecule has 1 aliphatic carbocycles. The van der Waals surface area contributed by atoms with E-state index >= 15 is 0 Å². The largest absolute Gasteiger partial charge is 0.208 e. The molecular formula is C54H37N3. The molecule has 9 aromatic carbocycles. The molecule has 3 nitrogen and oxygen atoms in total. The van der Waals surface area contributed by atoms with E-state index in [-0.39, 0.29) is 5.41 Å². The number of nitrogens with zero attached hydrogens (tertiary/aromatic N) is 3. The van der Waals surface area contributed by atoms with E-state index in [1.54, 1.807) is 0 Å². The predicted molar refractivity (Wildman–Crippen MR) is 237 cm³/mol. The Balaban J connectivity index is 1.01. The van der Waals surface area contributed by atoms with E-state index in [2.05, 4.69) is 141 Å². The van der Waals surface area contributed by atoms with Gasteiger partial charge in [0.1, 0.15) is 0 Å². The molecule has 0 unspecified atom stereocenters. The third-order valence-electron chi connectivity index (χ3n) is 11.9. The van der Waals surface area contributed by atoms with Crippen LogP contribution in [-0.2, 0) is 5.41 Å². The Morgan fingerprint density at radius 3 is 1.32 bits per heavy atom. The molecule has 0 aliphatic heterocycles. The zero-order chi connectivity index (χ0) is 38.1. The molecule has 0 bridgehead atoms. The summed E-state index contributed by atoms with van der Waals surface area (Å²) in [5, 5.41) is 7.28. The average molecular weight is 728 g/mol. The molecule has 1 aliphatic rings. The van der Waals surface area contributed by atoms with Crippen LogP contribution in [0.15, 0.2) is 188 Å². The fourth-order valence-corrected chi connectivity index (χ4v) is 8.95. The summed E-state index contributed by atoms with van der Waals surface area (Å²) in [6.07, 6.45) is 0. The Labute approximate surface area is 332 Å². The molecule has 3 heteroatoms. The Morgan fingerprint density at radius 1 is 0.281 bits per heavy atom. The van der Waals surface area contributed by atoms with Gasteiger partial charge in [0.25, 0.3) is 0 Å². The molecule has 0 radical (unpaired) electrons. The molecule has 0 saturated carbocycles. The zero-order valence-corrected chi connectivity index (χ0v) is 31.7. The van der Waals surface area contributed by atoms with Crippen molar-refractivity contribution >= 4 is 32.3 Å². The van der Waals surface area contributed by atoms with Crippen LogP contribution in [0.2, 0.25) is 0 Å². The minimum atomic E-state index is -0.0256. The molecule has 0 N–H and O–H groups in total. The van der Waals surface area contributed by atoms with Crippen LogP contribution in [0.4, 0.5) is 0 Å². The molecule has 1 aromatic heterocycles. The lowest BCUT2D eigenvalue weighted by Gasteiger charge is -2.22. The van der Waals surface area contributed by atoms with Crippen LogP contribution >= 0.6 is 0 Å². The highest BCUT2D eigenvalue weighted by Gasteiger charge is 2.35. The van der Waals surface area contributed by atoms with Crippen LogP contribution in [0.5, 0.6) is 0 Å². The minimum absolute atomic E-state index is 0.0256. The minimum Gasteiger partial charge on any atom is -0.208 e. The summed E-state index contributed by atoms with van der Waals surface area (Å²) in [7, 11) is 0. The normalized spacial score (nSPS) is 12.9. The molecule has 0 amide bonds. The van der Waals surface area contributed by atoms with E-state index < -0.39 is 0 Å². The zero-order valence-electron chi connectivity index (χ0n) is 31.7. The van der Waals surface area contributed by atoms with Gasteiger partial charge in [0.2, 0.25) is 0 Å². The highest BCUT2D eigenvalue weighted by atomic mass is 15.0. The standard InChI is InChI=1S/C54H37N3/c1-54(2)49-20-12-11-19-45(49)46-30-26-39(33-50(46)54)35-23-21-34(22-24-35)38-25-28-43-41-17-9-10-18-42(41)48-32-40(27-29-44(48)47(43)31-38)53-56-51(36-13-5-3-6-14-36)55-52(57-53)37-15-7-4-8-16-37/h3-33H,1-2H3. The molecule has 1 heterocycles. The average Bonchev–Trinajstić information content (AvgIpc) is 3.51. The fraction of sp³-hybridized carbons (Fsp3) is 0.0556. The lowest BCUT2D eigenvalue weighted by atomic mass is 9.81. The van der Waals surface area contributed by atoms with Gasteiger partial charge in [-0.2, -0.15) is 0 Å². The van der Waals surface area contributed by atoms with Gasteiger partial charge in [-0.15, -0.1) is 0 Å². The maximum absolute atomic E-state index is 5.04. The van der Waals surface area contributed by atoms with Crippen molar-refractivity contribution in [3.05, 3.63) is 199 Å². The highest BCUT2D eigenvalue weighted by Crippen LogP contribution is 2.49. The third kappa shape index (κ3) is 5.46. The number of hydrogen-bond donors (Lipinski definition) is 0. The SMILES string of the molecule is CC1(C)c2ccccc2-c2ccc(-c3ccc(-c4ccc5c6ccccc6c6cc(-c7nc(-c8ccccc8)nc(-c8ccccc8)n7)ccc6c5c4)cc3)cc21. The van der Waals surface area contributed by atoms with Gasteiger partial charge >= 0.3 is 0 Å². The summed E-state index contributed by atoms with van der Waals surface area (Å²) in [4.78, 5) is 15.0. The molecule has 0 atom stereocenters. The van der Waals surface area contributed by atoms with Crippen molar-refractivity contribution in [1.29, 1.82) is 0 Å². The maximum Gasteiger partial charge on any atom is 0.164 e. The van der Waals surface area contributed by atoms with E-state index in [0.717, 1.165) is 16.7 Å². The van der Waals surface area contributed by atoms with Gasteiger partial charge < -0.3 is 0 Å². The number of benzene rings is 9. The van der Waals surface area contributed by atoms with Gasteiger partial charge in [0.05, 0.1) is 0 Å². The van der Waals surface area contributed by atoms with Crippen LogP contribution in [0.25, 0.3) is 99.9 Å². The Hall–Kier alpha value is -7.23. The summed E-state index contributed by atoms with van der Waals surface area (Å²) in [5.74, 6) is 1.97. The molecule has 11 rings (SSSR count). The topological polar surface area (TPSA) is 38.7 Å². The number of aromatic nitrogens is 3. The molecule has 57 heavy (non-hydrogen) atoms. The molecule has 10 aromatic rings. The first-order valence-electron chi connectivity index (χ1n) is 19.6. The van der Waals surface area contributed by atoms with Crippen molar-refractivity contribution in [1.82, 2.24) is 15.0 Å². The van der Waals surface area contributed by atoms with E-state index in [1.807, 2.05) is 60.7 Å². The first-order valence-corrected chi connectivity index (χ1v) is 19.6. The number of hydrogen-bond acceptors (Lipinski definition) is 3. The van der Waals surface area contributed by atoms with Crippen molar-refractivity contribution in [3.63, 3.8) is 0 Å². The number of fused-ring (bicyclic) bond motifs is 9. The van der Waals surface area contributed by atoms with Gasteiger partial charge in [-0.3, -0.25) is 0 Å². The molecule has 0 fully saturated rings. The van der Waals surface area contributed by atoms with Gasteiger partial charge in [0, 0.05) is 22.1 Å². The molecule has 268 valence electrons. The van der Waals surface area contributed by atoms with Crippen LogP contribution in [0, 0.1) is 0 Å². The van der Waals surface area contributed by atoms with Gasteiger partial charge in [-0.1, -0.05) is 184 Å². The van der Waals surface area contributed by atoms with Crippen LogP contribution in [0.3, 0.4) is 0 Å². The molecule has 0 saturated heterocycles. The van der Waals surface area contributed by atoms with Crippen molar-refractivity contribution < 1.29 is 0 Å². The fourth-order valence-electron chi connectivity index (χ4n) is 8.95. The van der Waals surface area contributed by atoms with E-state index in [0.29, 0.717) is 17.5 Å². The van der Waals surface area contributed by atoms with Crippen molar-refractivity contribution in [3.8, 4) is 67.5 Å². The van der Waals surface area contributed by atoms with E-state index in [9.17, 15) is 0 Å². The van der Waals surface area contributed by atoms with Gasteiger partial charge in [-0.05, 0) is 95.0 Å². The third-order valence-corrected chi connectivity index (χ3v) is 11.9. The summed E-state index contributed by atoms with van der Waals surface area (Å²) in [6, 6.07) is 67.5. The monoisotopic (exact) mass is 727 g/mol. The summed E-state index contributed by atoms with van der Waals surface area (Å²) < 4.78 is 0. The van der Waals surface area contributed by atoms with Gasteiger partial charge in [0.15, 0.2) is 17.5 Å². The van der Waals surface area contributed by atoms with E-state index in [1.165, 1.54) is 76.8 Å². The second kappa shape index (κ2) is 12.9. The maximum atomic E-state index is 5.04. The summed E-state index contributed by atoms with van der Waals surface area (Å²) in [5.41, 5.74) is 13.2. The van der Waals surface area contributed by atoms with Crippen LogP contribution in [0.1, 0.15) is 25.0 Å².